The van der Waals surface area contributed by atoms with Crippen LogP contribution in [0.25, 0.3) is 0 Å². The number of hydrogen-bond acceptors (Lipinski definition) is 6. The number of halogens is 1. The Hall–Kier alpha value is -2.97. The van der Waals surface area contributed by atoms with E-state index in [1.54, 1.807) is 49.3 Å². The Morgan fingerprint density at radius 3 is 2.45 bits per heavy atom. The molecule has 0 aliphatic carbocycles. The zero-order valence-corrected chi connectivity index (χ0v) is 17.0. The molecule has 154 valence electrons. The van der Waals surface area contributed by atoms with E-state index in [-0.39, 0.29) is 46.7 Å². The number of nitro groups is 1. The highest BCUT2D eigenvalue weighted by Crippen LogP contribution is 2.29. The molecule has 2 aromatic rings. The van der Waals surface area contributed by atoms with Gasteiger partial charge in [-0.3, -0.25) is 19.7 Å². The lowest BCUT2D eigenvalue weighted by Gasteiger charge is -2.15. The van der Waals surface area contributed by atoms with E-state index in [0.717, 1.165) is 13.0 Å². The maximum Gasteiger partial charge on any atom is 0.293 e. The van der Waals surface area contributed by atoms with Gasteiger partial charge in [0, 0.05) is 43.9 Å². The fourth-order valence-electron chi connectivity index (χ4n) is 3.26. The third-order valence-corrected chi connectivity index (χ3v) is 4.73. The van der Waals surface area contributed by atoms with Crippen LogP contribution in [-0.4, -0.2) is 49.8 Å². The Bertz CT molecular complexity index is 926. The lowest BCUT2D eigenvalue weighted by atomic mass is 9.97. The molecule has 1 saturated heterocycles. The van der Waals surface area contributed by atoms with Crippen LogP contribution < -0.4 is 15.5 Å². The number of amides is 1. The molecule has 0 aromatic heterocycles. The summed E-state index contributed by atoms with van der Waals surface area (Å²) < 4.78 is 0. The standard InChI is InChI=1S/C20H22N4O4.ClH/c1-23(2)17-8-7-13(11-18(17)24(27)28)19(25)15-5-3-4-6-16(15)20(26)22-14-9-10-21-12-14;/h3-8,11,14,21H,9-10,12H2,1-2H3,(H,22,26);1H. The van der Waals surface area contributed by atoms with Crippen LogP contribution in [0.5, 0.6) is 0 Å². The Morgan fingerprint density at radius 2 is 1.86 bits per heavy atom. The van der Waals surface area contributed by atoms with Crippen LogP contribution >= 0.6 is 12.4 Å². The van der Waals surface area contributed by atoms with Gasteiger partial charge in [0.1, 0.15) is 5.69 Å². The molecule has 2 aromatic carbocycles. The molecule has 1 amide bonds. The van der Waals surface area contributed by atoms with Crippen molar-refractivity contribution in [1.29, 1.82) is 0 Å². The van der Waals surface area contributed by atoms with Gasteiger partial charge in [0.25, 0.3) is 11.6 Å². The third kappa shape index (κ3) is 4.90. The van der Waals surface area contributed by atoms with Crippen LogP contribution in [0.3, 0.4) is 0 Å². The van der Waals surface area contributed by atoms with Gasteiger partial charge in [0.05, 0.1) is 10.5 Å². The fourth-order valence-corrected chi connectivity index (χ4v) is 3.26. The second-order valence-corrected chi connectivity index (χ2v) is 6.89. The lowest BCUT2D eigenvalue weighted by Crippen LogP contribution is -2.36. The third-order valence-electron chi connectivity index (χ3n) is 4.73. The minimum Gasteiger partial charge on any atom is -0.372 e. The first-order valence-electron chi connectivity index (χ1n) is 8.99. The number of ketones is 1. The molecule has 1 atom stereocenters. The van der Waals surface area contributed by atoms with E-state index < -0.39 is 10.7 Å². The maximum atomic E-state index is 13.0. The Labute approximate surface area is 174 Å². The van der Waals surface area contributed by atoms with Crippen molar-refractivity contribution < 1.29 is 14.5 Å². The monoisotopic (exact) mass is 418 g/mol. The molecule has 29 heavy (non-hydrogen) atoms. The number of rotatable bonds is 6. The minimum atomic E-state index is -0.516. The summed E-state index contributed by atoms with van der Waals surface area (Å²) in [6, 6.07) is 10.9. The second kappa shape index (κ2) is 9.49. The predicted molar refractivity (Wildman–Crippen MR) is 113 cm³/mol. The average Bonchev–Trinajstić information content (AvgIpc) is 3.19. The van der Waals surface area contributed by atoms with E-state index >= 15 is 0 Å². The van der Waals surface area contributed by atoms with Crippen molar-refractivity contribution in [2.45, 2.75) is 12.5 Å². The van der Waals surface area contributed by atoms with Gasteiger partial charge in [0.2, 0.25) is 0 Å². The molecule has 1 aliphatic rings. The van der Waals surface area contributed by atoms with Crippen LogP contribution in [0.15, 0.2) is 42.5 Å². The Kier molecular flexibility index (Phi) is 7.30. The summed E-state index contributed by atoms with van der Waals surface area (Å²) >= 11 is 0. The summed E-state index contributed by atoms with van der Waals surface area (Å²) in [6.45, 7) is 1.54. The predicted octanol–water partition coefficient (Wildman–Crippen LogP) is 2.41. The van der Waals surface area contributed by atoms with Crippen LogP contribution in [-0.2, 0) is 0 Å². The summed E-state index contributed by atoms with van der Waals surface area (Å²) in [6.07, 6.45) is 0.833. The number of nitrogens with zero attached hydrogens (tertiary/aromatic N) is 2. The molecule has 1 unspecified atom stereocenters. The number of nitrogens with one attached hydrogen (secondary N) is 2. The zero-order valence-electron chi connectivity index (χ0n) is 16.2. The van der Waals surface area contributed by atoms with E-state index in [1.165, 1.54) is 12.1 Å². The number of nitro benzene ring substituents is 1. The molecule has 0 radical (unpaired) electrons. The van der Waals surface area contributed by atoms with Gasteiger partial charge in [-0.1, -0.05) is 18.2 Å². The van der Waals surface area contributed by atoms with Crippen molar-refractivity contribution in [1.82, 2.24) is 10.6 Å². The molecule has 1 aliphatic heterocycles. The van der Waals surface area contributed by atoms with Crippen molar-refractivity contribution in [2.24, 2.45) is 0 Å². The molecule has 2 N–H and O–H groups in total. The summed E-state index contributed by atoms with van der Waals surface area (Å²) in [5.74, 6) is -0.749. The molecule has 0 spiro atoms. The topological polar surface area (TPSA) is 105 Å². The van der Waals surface area contributed by atoms with Crippen molar-refractivity contribution >= 4 is 35.5 Å². The van der Waals surface area contributed by atoms with Gasteiger partial charge in [-0.05, 0) is 31.2 Å². The van der Waals surface area contributed by atoms with Crippen LogP contribution in [0.1, 0.15) is 32.7 Å². The number of anilines is 1. The number of carbonyl (C=O) groups is 2. The van der Waals surface area contributed by atoms with Crippen LogP contribution in [0.2, 0.25) is 0 Å². The Balaban J connectivity index is 0.00000300. The van der Waals surface area contributed by atoms with Crippen molar-refractivity contribution in [3.8, 4) is 0 Å². The first-order chi connectivity index (χ1) is 13.4. The summed E-state index contributed by atoms with van der Waals surface area (Å²) in [5.41, 5.74) is 0.896. The van der Waals surface area contributed by atoms with Crippen molar-refractivity contribution in [3.63, 3.8) is 0 Å². The second-order valence-electron chi connectivity index (χ2n) is 6.89. The minimum absolute atomic E-state index is 0. The zero-order chi connectivity index (χ0) is 20.3. The molecule has 1 fully saturated rings. The molecule has 3 rings (SSSR count). The molecule has 8 nitrogen and oxygen atoms in total. The van der Waals surface area contributed by atoms with Crippen molar-refractivity contribution in [2.75, 3.05) is 32.1 Å². The lowest BCUT2D eigenvalue weighted by molar-refractivity contribution is -0.384. The van der Waals surface area contributed by atoms with E-state index in [2.05, 4.69) is 10.6 Å². The molecule has 1 heterocycles. The molecular weight excluding hydrogens is 396 g/mol. The Morgan fingerprint density at radius 1 is 1.17 bits per heavy atom. The first kappa shape index (κ1) is 22.3. The maximum absolute atomic E-state index is 13.0. The quantitative estimate of drug-likeness (QED) is 0.424. The van der Waals surface area contributed by atoms with Gasteiger partial charge in [0.15, 0.2) is 5.78 Å². The average molecular weight is 419 g/mol. The van der Waals surface area contributed by atoms with Crippen LogP contribution in [0.4, 0.5) is 11.4 Å². The summed E-state index contributed by atoms with van der Waals surface area (Å²) in [4.78, 5) is 38.2. The fraction of sp³-hybridized carbons (Fsp3) is 0.300. The number of carbonyl (C=O) groups excluding carboxylic acids is 2. The van der Waals surface area contributed by atoms with E-state index in [4.69, 9.17) is 0 Å². The van der Waals surface area contributed by atoms with E-state index in [1.807, 2.05) is 0 Å². The highest BCUT2D eigenvalue weighted by molar-refractivity contribution is 6.15. The first-order valence-corrected chi connectivity index (χ1v) is 8.99. The largest absolute Gasteiger partial charge is 0.372 e. The van der Waals surface area contributed by atoms with E-state index in [9.17, 15) is 19.7 Å². The highest BCUT2D eigenvalue weighted by atomic mass is 35.5. The number of hydrogen-bond donors (Lipinski definition) is 2. The summed E-state index contributed by atoms with van der Waals surface area (Å²) in [5, 5.41) is 17.5. The summed E-state index contributed by atoms with van der Waals surface area (Å²) in [7, 11) is 3.39. The number of benzene rings is 2. The van der Waals surface area contributed by atoms with Crippen LogP contribution in [0, 0.1) is 10.1 Å². The van der Waals surface area contributed by atoms with Gasteiger partial charge in [-0.15, -0.1) is 12.4 Å². The molecule has 0 bridgehead atoms. The van der Waals surface area contributed by atoms with Crippen molar-refractivity contribution in [3.05, 3.63) is 69.3 Å². The van der Waals surface area contributed by atoms with Gasteiger partial charge in [-0.25, -0.2) is 0 Å². The van der Waals surface area contributed by atoms with E-state index in [0.29, 0.717) is 12.2 Å². The molecule has 0 saturated carbocycles. The smallest absolute Gasteiger partial charge is 0.293 e. The SMILES string of the molecule is CN(C)c1ccc(C(=O)c2ccccc2C(=O)NC2CCNC2)cc1[N+](=O)[O-].Cl. The normalized spacial score (nSPS) is 15.3. The van der Waals surface area contributed by atoms with Gasteiger partial charge >= 0.3 is 0 Å². The molecular formula is C20H23ClN4O4. The highest BCUT2D eigenvalue weighted by Gasteiger charge is 2.24. The molecule has 9 heteroatoms. The van der Waals surface area contributed by atoms with Gasteiger partial charge in [-0.2, -0.15) is 0 Å². The van der Waals surface area contributed by atoms with Gasteiger partial charge < -0.3 is 15.5 Å².